The van der Waals surface area contributed by atoms with Gasteiger partial charge in [0.05, 0.1) is 11.2 Å². The van der Waals surface area contributed by atoms with E-state index in [1.54, 1.807) is 18.7 Å². The molecule has 3 rings (SSSR count). The minimum atomic E-state index is -0.729. The molecule has 1 saturated carbocycles. The molecule has 8 heteroatoms. The average Bonchev–Trinajstić information content (AvgIpc) is 3.20. The van der Waals surface area contributed by atoms with Crippen LogP contribution in [0.3, 0.4) is 0 Å². The number of hydrogen-bond donors (Lipinski definition) is 2. The summed E-state index contributed by atoms with van der Waals surface area (Å²) in [5, 5.41) is 9.91. The minimum absolute atomic E-state index is 0.0171. The van der Waals surface area contributed by atoms with Crippen LogP contribution in [0.1, 0.15) is 63.0 Å². The summed E-state index contributed by atoms with van der Waals surface area (Å²) in [7, 11) is 0. The lowest BCUT2D eigenvalue weighted by atomic mass is 9.97. The van der Waals surface area contributed by atoms with E-state index in [1.165, 1.54) is 0 Å². The Balaban J connectivity index is 1.75. The Morgan fingerprint density at radius 2 is 2.00 bits per heavy atom. The first-order valence-electron chi connectivity index (χ1n) is 10.5. The summed E-state index contributed by atoms with van der Waals surface area (Å²) in [6, 6.07) is -0.729. The molecule has 1 aromatic heterocycles. The Morgan fingerprint density at radius 1 is 1.31 bits per heavy atom. The minimum Gasteiger partial charge on any atom is -0.361 e. The van der Waals surface area contributed by atoms with E-state index >= 15 is 0 Å². The maximum Gasteiger partial charge on any atom is 0.244 e. The normalized spacial score (nSPS) is 21.3. The first-order valence-corrected chi connectivity index (χ1v) is 10.5. The number of carbonyl (C=O) groups excluding carboxylic acids is 3. The molecular formula is C21H32N4O4. The van der Waals surface area contributed by atoms with Gasteiger partial charge in [0, 0.05) is 31.0 Å². The smallest absolute Gasteiger partial charge is 0.244 e. The highest BCUT2D eigenvalue weighted by molar-refractivity contribution is 5.90. The maximum atomic E-state index is 13.1. The van der Waals surface area contributed by atoms with Gasteiger partial charge in [-0.2, -0.15) is 0 Å². The van der Waals surface area contributed by atoms with Crippen molar-refractivity contribution in [3.63, 3.8) is 0 Å². The molecule has 2 fully saturated rings. The van der Waals surface area contributed by atoms with Crippen LogP contribution in [0.4, 0.5) is 0 Å². The van der Waals surface area contributed by atoms with Gasteiger partial charge in [0.2, 0.25) is 17.7 Å². The molecule has 0 radical (unpaired) electrons. The van der Waals surface area contributed by atoms with Gasteiger partial charge in [-0.3, -0.25) is 14.4 Å². The lowest BCUT2D eigenvalue weighted by Gasteiger charge is -2.33. The fraction of sp³-hybridized carbons (Fsp3) is 0.714. The monoisotopic (exact) mass is 404 g/mol. The van der Waals surface area contributed by atoms with Crippen LogP contribution in [0.2, 0.25) is 0 Å². The van der Waals surface area contributed by atoms with Gasteiger partial charge in [-0.15, -0.1) is 0 Å². The third-order valence-electron chi connectivity index (χ3n) is 6.13. The third-order valence-corrected chi connectivity index (χ3v) is 6.13. The Kier molecular flexibility index (Phi) is 6.29. The molecule has 160 valence electrons. The van der Waals surface area contributed by atoms with Gasteiger partial charge in [0.15, 0.2) is 0 Å². The van der Waals surface area contributed by atoms with Gasteiger partial charge in [-0.05, 0) is 33.1 Å². The highest BCUT2D eigenvalue weighted by Crippen LogP contribution is 2.32. The highest BCUT2D eigenvalue weighted by atomic mass is 16.5. The van der Waals surface area contributed by atoms with Crippen molar-refractivity contribution in [2.45, 2.75) is 77.8 Å². The molecule has 29 heavy (non-hydrogen) atoms. The lowest BCUT2D eigenvalue weighted by molar-refractivity contribution is -0.134. The highest BCUT2D eigenvalue weighted by Gasteiger charge is 2.43. The molecular weight excluding hydrogens is 372 g/mol. The molecule has 2 heterocycles. The van der Waals surface area contributed by atoms with E-state index < -0.39 is 6.04 Å². The SMILES string of the molecule is Cc1noc(C)c1CCC(=O)N1CC(NC(=O)C(C)C)C(=O)NC2(CCCC2)C1. The third kappa shape index (κ3) is 4.79. The molecule has 1 aliphatic carbocycles. The Morgan fingerprint density at radius 3 is 2.59 bits per heavy atom. The second-order valence-electron chi connectivity index (χ2n) is 8.77. The molecule has 1 atom stereocenters. The van der Waals surface area contributed by atoms with Crippen molar-refractivity contribution in [2.24, 2.45) is 5.92 Å². The van der Waals surface area contributed by atoms with Crippen molar-refractivity contribution in [3.8, 4) is 0 Å². The first kappa shape index (κ1) is 21.3. The quantitative estimate of drug-likeness (QED) is 0.776. The molecule has 0 aromatic carbocycles. The molecule has 1 unspecified atom stereocenters. The summed E-state index contributed by atoms with van der Waals surface area (Å²) >= 11 is 0. The van der Waals surface area contributed by atoms with Crippen molar-refractivity contribution in [2.75, 3.05) is 13.1 Å². The van der Waals surface area contributed by atoms with Gasteiger partial charge >= 0.3 is 0 Å². The number of hydrogen-bond acceptors (Lipinski definition) is 5. The van der Waals surface area contributed by atoms with E-state index in [1.807, 2.05) is 13.8 Å². The fourth-order valence-electron chi connectivity index (χ4n) is 4.34. The summed E-state index contributed by atoms with van der Waals surface area (Å²) in [5.74, 6) is 0.113. The van der Waals surface area contributed by atoms with E-state index in [4.69, 9.17) is 4.52 Å². The zero-order valence-electron chi connectivity index (χ0n) is 17.8. The van der Waals surface area contributed by atoms with Crippen LogP contribution >= 0.6 is 0 Å². The summed E-state index contributed by atoms with van der Waals surface area (Å²) in [5.41, 5.74) is 1.38. The summed E-state index contributed by atoms with van der Waals surface area (Å²) < 4.78 is 5.19. The summed E-state index contributed by atoms with van der Waals surface area (Å²) in [6.07, 6.45) is 4.65. The molecule has 2 aliphatic rings. The number of aryl methyl sites for hydroxylation is 2. The van der Waals surface area contributed by atoms with Crippen molar-refractivity contribution in [1.29, 1.82) is 0 Å². The Hall–Kier alpha value is -2.38. The number of amides is 3. The van der Waals surface area contributed by atoms with E-state index in [-0.39, 0.29) is 35.7 Å². The number of nitrogens with zero attached hydrogens (tertiary/aromatic N) is 2. The van der Waals surface area contributed by atoms with Crippen LogP contribution < -0.4 is 10.6 Å². The van der Waals surface area contributed by atoms with Crippen LogP contribution in [0.15, 0.2) is 4.52 Å². The fourth-order valence-corrected chi connectivity index (χ4v) is 4.34. The number of nitrogens with one attached hydrogen (secondary N) is 2. The van der Waals surface area contributed by atoms with Crippen molar-refractivity contribution in [3.05, 3.63) is 17.0 Å². The number of rotatable bonds is 5. The van der Waals surface area contributed by atoms with Crippen molar-refractivity contribution in [1.82, 2.24) is 20.7 Å². The number of carbonyl (C=O) groups is 3. The summed E-state index contributed by atoms with van der Waals surface area (Å²) in [4.78, 5) is 39.9. The van der Waals surface area contributed by atoms with Crippen molar-refractivity contribution >= 4 is 17.7 Å². The molecule has 8 nitrogen and oxygen atoms in total. The van der Waals surface area contributed by atoms with Gasteiger partial charge in [-0.1, -0.05) is 31.8 Å². The average molecular weight is 405 g/mol. The van der Waals surface area contributed by atoms with Crippen LogP contribution in [-0.2, 0) is 20.8 Å². The van der Waals surface area contributed by atoms with Gasteiger partial charge in [0.25, 0.3) is 0 Å². The van der Waals surface area contributed by atoms with Crippen LogP contribution in [0, 0.1) is 19.8 Å². The van der Waals surface area contributed by atoms with E-state index in [9.17, 15) is 14.4 Å². The predicted molar refractivity (Wildman–Crippen MR) is 107 cm³/mol. The molecule has 2 N–H and O–H groups in total. The Bertz CT molecular complexity index is 760. The molecule has 1 saturated heterocycles. The molecule has 1 spiro atoms. The van der Waals surface area contributed by atoms with Crippen LogP contribution in [0.25, 0.3) is 0 Å². The maximum absolute atomic E-state index is 13.1. The van der Waals surface area contributed by atoms with Gasteiger partial charge in [0.1, 0.15) is 11.8 Å². The van der Waals surface area contributed by atoms with Crippen molar-refractivity contribution < 1.29 is 18.9 Å². The van der Waals surface area contributed by atoms with Crippen LogP contribution in [-0.4, -0.2) is 52.4 Å². The zero-order chi connectivity index (χ0) is 21.2. The Labute approximate surface area is 171 Å². The topological polar surface area (TPSA) is 105 Å². The second-order valence-corrected chi connectivity index (χ2v) is 8.77. The zero-order valence-corrected chi connectivity index (χ0v) is 17.8. The molecule has 1 aromatic rings. The standard InChI is InChI=1S/C21H32N4O4/c1-13(2)19(27)22-17-11-25(12-21(23-20(17)28)9-5-6-10-21)18(26)8-7-16-14(3)24-29-15(16)4/h13,17H,5-12H2,1-4H3,(H,22,27)(H,23,28). The second kappa shape index (κ2) is 8.55. The summed E-state index contributed by atoms with van der Waals surface area (Å²) in [6.45, 7) is 7.98. The van der Waals surface area contributed by atoms with E-state index in [0.717, 1.165) is 42.7 Å². The van der Waals surface area contributed by atoms with E-state index in [0.29, 0.717) is 19.4 Å². The van der Waals surface area contributed by atoms with E-state index in [2.05, 4.69) is 15.8 Å². The molecule has 3 amide bonds. The lowest BCUT2D eigenvalue weighted by Crippen LogP contribution is -2.54. The number of aromatic nitrogens is 1. The molecule has 0 bridgehead atoms. The first-order chi connectivity index (χ1) is 13.7. The molecule has 1 aliphatic heterocycles. The largest absolute Gasteiger partial charge is 0.361 e. The predicted octanol–water partition coefficient (Wildman–Crippen LogP) is 1.64. The van der Waals surface area contributed by atoms with Gasteiger partial charge < -0.3 is 20.1 Å². The van der Waals surface area contributed by atoms with Gasteiger partial charge in [-0.25, -0.2) is 0 Å². The van der Waals surface area contributed by atoms with Crippen LogP contribution in [0.5, 0.6) is 0 Å².